The minimum atomic E-state index is 0.0695. The van der Waals surface area contributed by atoms with Crippen LogP contribution in [0.1, 0.15) is 33.7 Å². The highest BCUT2D eigenvalue weighted by atomic mass is 16.2. The Labute approximate surface area is 178 Å². The number of aromatic amines is 1. The Bertz CT molecular complexity index is 941. The molecule has 1 aromatic carbocycles. The fraction of sp³-hybridized carbons (Fsp3) is 0.375. The number of amides is 1. The molecule has 1 aliphatic rings. The summed E-state index contributed by atoms with van der Waals surface area (Å²) < 4.78 is 0. The maximum atomic E-state index is 12.9. The van der Waals surface area contributed by atoms with Crippen molar-refractivity contribution in [2.75, 3.05) is 26.7 Å². The zero-order chi connectivity index (χ0) is 20.8. The molecule has 156 valence electrons. The highest BCUT2D eigenvalue weighted by Crippen LogP contribution is 2.23. The zero-order valence-corrected chi connectivity index (χ0v) is 17.5. The van der Waals surface area contributed by atoms with Crippen LogP contribution in [-0.4, -0.2) is 57.3 Å². The summed E-state index contributed by atoms with van der Waals surface area (Å²) in [5.41, 5.74) is 4.18. The van der Waals surface area contributed by atoms with Crippen LogP contribution in [0.2, 0.25) is 0 Å². The summed E-state index contributed by atoms with van der Waals surface area (Å²) in [6.07, 6.45) is 8.39. The first kappa shape index (κ1) is 20.3. The largest absolute Gasteiger partial charge is 0.347 e. The summed E-state index contributed by atoms with van der Waals surface area (Å²) >= 11 is 0. The normalized spacial score (nSPS) is 16.6. The lowest BCUT2D eigenvalue weighted by Gasteiger charge is -2.18. The molecule has 30 heavy (non-hydrogen) atoms. The number of nitrogens with zero attached hydrogens (tertiary/aromatic N) is 4. The molecule has 3 aromatic rings. The summed E-state index contributed by atoms with van der Waals surface area (Å²) in [5, 5.41) is 0. The van der Waals surface area contributed by atoms with Crippen molar-refractivity contribution in [3.8, 4) is 0 Å². The molecule has 0 spiro atoms. The van der Waals surface area contributed by atoms with Gasteiger partial charge in [0, 0.05) is 62.4 Å². The lowest BCUT2D eigenvalue weighted by Crippen LogP contribution is -2.29. The number of H-pyrrole nitrogens is 1. The standard InChI is InChI=1S/C24H29N5O/c1-28(11-9-22-7-2-3-10-26-22)24(30)21-6-4-5-19(14-21)13-20-8-12-29(16-20)17-23-15-25-18-27-23/h2-7,10,14-15,18,20H,8-9,11-13,16-17H2,1H3,(H,25,27). The van der Waals surface area contributed by atoms with Gasteiger partial charge in [0.2, 0.25) is 0 Å². The van der Waals surface area contributed by atoms with Crippen molar-refractivity contribution in [2.45, 2.75) is 25.8 Å². The Hall–Kier alpha value is -2.99. The molecule has 0 saturated carbocycles. The Balaban J connectivity index is 1.30. The molecule has 6 heteroatoms. The highest BCUT2D eigenvalue weighted by molar-refractivity contribution is 5.94. The Morgan fingerprint density at radius 3 is 3.00 bits per heavy atom. The lowest BCUT2D eigenvalue weighted by molar-refractivity contribution is 0.0796. The fourth-order valence-electron chi connectivity index (χ4n) is 4.15. The number of carbonyl (C=O) groups is 1. The van der Waals surface area contributed by atoms with Gasteiger partial charge in [-0.25, -0.2) is 4.98 Å². The molecule has 1 amide bonds. The second-order valence-corrected chi connectivity index (χ2v) is 8.17. The van der Waals surface area contributed by atoms with E-state index in [1.165, 1.54) is 12.0 Å². The van der Waals surface area contributed by atoms with E-state index >= 15 is 0 Å². The summed E-state index contributed by atoms with van der Waals surface area (Å²) in [6.45, 7) is 3.78. The SMILES string of the molecule is CN(CCc1ccccn1)C(=O)c1cccc(CC2CCN(Cc3cnc[nH]3)C2)c1. The van der Waals surface area contributed by atoms with Gasteiger partial charge in [-0.05, 0) is 55.1 Å². The third-order valence-corrected chi connectivity index (χ3v) is 5.79. The van der Waals surface area contributed by atoms with Crippen LogP contribution in [0.3, 0.4) is 0 Å². The molecule has 2 aromatic heterocycles. The van der Waals surface area contributed by atoms with Crippen LogP contribution < -0.4 is 0 Å². The molecule has 1 unspecified atom stereocenters. The fourth-order valence-corrected chi connectivity index (χ4v) is 4.15. The van der Waals surface area contributed by atoms with Crippen molar-refractivity contribution in [1.29, 1.82) is 0 Å². The van der Waals surface area contributed by atoms with Gasteiger partial charge in [-0.15, -0.1) is 0 Å². The lowest BCUT2D eigenvalue weighted by atomic mass is 9.97. The van der Waals surface area contributed by atoms with Gasteiger partial charge in [-0.3, -0.25) is 14.7 Å². The number of pyridine rings is 1. The highest BCUT2D eigenvalue weighted by Gasteiger charge is 2.23. The Morgan fingerprint density at radius 1 is 1.27 bits per heavy atom. The minimum absolute atomic E-state index is 0.0695. The van der Waals surface area contributed by atoms with E-state index in [-0.39, 0.29) is 5.91 Å². The molecule has 1 atom stereocenters. The molecule has 1 saturated heterocycles. The molecular formula is C24H29N5O. The maximum absolute atomic E-state index is 12.9. The number of carbonyl (C=O) groups excluding carboxylic acids is 1. The monoisotopic (exact) mass is 403 g/mol. The van der Waals surface area contributed by atoms with Gasteiger partial charge in [0.1, 0.15) is 0 Å². The molecular weight excluding hydrogens is 374 g/mol. The van der Waals surface area contributed by atoms with E-state index in [0.717, 1.165) is 49.4 Å². The average molecular weight is 404 g/mol. The van der Waals surface area contributed by atoms with Crippen LogP contribution >= 0.6 is 0 Å². The molecule has 3 heterocycles. The molecule has 0 aliphatic carbocycles. The third-order valence-electron chi connectivity index (χ3n) is 5.79. The number of likely N-dealkylation sites (N-methyl/N-ethyl adjacent to an activating group) is 1. The van der Waals surface area contributed by atoms with Crippen molar-refractivity contribution in [3.63, 3.8) is 0 Å². The molecule has 4 rings (SSSR count). The van der Waals surface area contributed by atoms with E-state index in [9.17, 15) is 4.79 Å². The first-order valence-electron chi connectivity index (χ1n) is 10.6. The van der Waals surface area contributed by atoms with Crippen LogP contribution in [0.5, 0.6) is 0 Å². The zero-order valence-electron chi connectivity index (χ0n) is 17.5. The maximum Gasteiger partial charge on any atom is 0.253 e. The van der Waals surface area contributed by atoms with Crippen LogP contribution in [0.25, 0.3) is 0 Å². The average Bonchev–Trinajstić information content (AvgIpc) is 3.45. The van der Waals surface area contributed by atoms with E-state index < -0.39 is 0 Å². The number of rotatable bonds is 8. The van der Waals surface area contributed by atoms with Gasteiger partial charge in [0.05, 0.1) is 6.33 Å². The van der Waals surface area contributed by atoms with Crippen molar-refractivity contribution < 1.29 is 4.79 Å². The van der Waals surface area contributed by atoms with Crippen molar-refractivity contribution in [1.82, 2.24) is 24.8 Å². The second-order valence-electron chi connectivity index (χ2n) is 8.17. The summed E-state index contributed by atoms with van der Waals surface area (Å²) in [4.78, 5) is 28.7. The van der Waals surface area contributed by atoms with Crippen molar-refractivity contribution >= 4 is 5.91 Å². The van der Waals surface area contributed by atoms with Crippen molar-refractivity contribution in [2.24, 2.45) is 5.92 Å². The van der Waals surface area contributed by atoms with E-state index in [1.54, 1.807) is 17.4 Å². The van der Waals surface area contributed by atoms with Gasteiger partial charge in [0.15, 0.2) is 0 Å². The quantitative estimate of drug-likeness (QED) is 0.627. The summed E-state index contributed by atoms with van der Waals surface area (Å²) in [7, 11) is 1.86. The summed E-state index contributed by atoms with van der Waals surface area (Å²) in [5.74, 6) is 0.695. The summed E-state index contributed by atoms with van der Waals surface area (Å²) in [6, 6.07) is 14.0. The predicted octanol–water partition coefficient (Wildman–Crippen LogP) is 3.18. The van der Waals surface area contributed by atoms with E-state index in [0.29, 0.717) is 12.5 Å². The smallest absolute Gasteiger partial charge is 0.253 e. The van der Waals surface area contributed by atoms with E-state index in [1.807, 2.05) is 43.6 Å². The van der Waals surface area contributed by atoms with Gasteiger partial charge < -0.3 is 9.88 Å². The van der Waals surface area contributed by atoms with Crippen LogP contribution in [0.15, 0.2) is 61.2 Å². The molecule has 0 bridgehead atoms. The van der Waals surface area contributed by atoms with Gasteiger partial charge in [-0.2, -0.15) is 0 Å². The number of hydrogen-bond acceptors (Lipinski definition) is 4. The molecule has 1 N–H and O–H groups in total. The number of aromatic nitrogens is 3. The second kappa shape index (κ2) is 9.67. The van der Waals surface area contributed by atoms with Crippen LogP contribution in [-0.2, 0) is 19.4 Å². The number of nitrogens with one attached hydrogen (secondary N) is 1. The molecule has 1 fully saturated rings. The third kappa shape index (κ3) is 5.33. The Morgan fingerprint density at radius 2 is 2.20 bits per heavy atom. The van der Waals surface area contributed by atoms with Gasteiger partial charge in [-0.1, -0.05) is 18.2 Å². The number of hydrogen-bond donors (Lipinski definition) is 1. The molecule has 0 radical (unpaired) electrons. The first-order valence-corrected chi connectivity index (χ1v) is 10.6. The molecule has 6 nitrogen and oxygen atoms in total. The number of imidazole rings is 1. The first-order chi connectivity index (χ1) is 14.7. The topological polar surface area (TPSA) is 65.1 Å². The van der Waals surface area contributed by atoms with Gasteiger partial charge in [0.25, 0.3) is 5.91 Å². The Kier molecular flexibility index (Phi) is 6.54. The van der Waals surface area contributed by atoms with Crippen molar-refractivity contribution in [3.05, 3.63) is 83.7 Å². The predicted molar refractivity (Wildman–Crippen MR) is 117 cm³/mol. The van der Waals surface area contributed by atoms with Gasteiger partial charge >= 0.3 is 0 Å². The minimum Gasteiger partial charge on any atom is -0.347 e. The van der Waals surface area contributed by atoms with E-state index in [4.69, 9.17) is 0 Å². The van der Waals surface area contributed by atoms with Crippen LogP contribution in [0.4, 0.5) is 0 Å². The molecule has 1 aliphatic heterocycles. The number of likely N-dealkylation sites (tertiary alicyclic amines) is 1. The number of benzene rings is 1. The van der Waals surface area contributed by atoms with Crippen LogP contribution in [0, 0.1) is 5.92 Å². The van der Waals surface area contributed by atoms with E-state index in [2.05, 4.69) is 32.0 Å².